The molecule has 0 saturated heterocycles. The predicted molar refractivity (Wildman–Crippen MR) is 100 cm³/mol. The lowest BCUT2D eigenvalue weighted by Gasteiger charge is -2.32. The zero-order chi connectivity index (χ0) is 20.2. The summed E-state index contributed by atoms with van der Waals surface area (Å²) in [4.78, 5) is 8.09. The van der Waals surface area contributed by atoms with Crippen molar-refractivity contribution < 1.29 is 23.2 Å². The molecule has 0 amide bonds. The van der Waals surface area contributed by atoms with Crippen LogP contribution in [0, 0.1) is 5.82 Å². The normalized spacial score (nSPS) is 21.7. The first-order valence-electron chi connectivity index (χ1n) is 7.43. The van der Waals surface area contributed by atoms with Crippen LogP contribution in [0.1, 0.15) is 12.8 Å². The molecular formula is C13H17BrFN7O4S. The summed E-state index contributed by atoms with van der Waals surface area (Å²) in [5, 5.41) is 26.3. The van der Waals surface area contributed by atoms with Crippen LogP contribution in [-0.4, -0.2) is 48.3 Å². The van der Waals surface area contributed by atoms with Crippen LogP contribution in [0.15, 0.2) is 37.8 Å². The number of benzene rings is 1. The van der Waals surface area contributed by atoms with Crippen molar-refractivity contribution in [1.82, 2.24) is 10.2 Å². The summed E-state index contributed by atoms with van der Waals surface area (Å²) in [6, 6.07) is 3.12. The molecule has 0 atom stereocenters. The maximum Gasteiger partial charge on any atom is 0.274 e. The van der Waals surface area contributed by atoms with Crippen molar-refractivity contribution in [2.24, 2.45) is 26.0 Å². The average molecular weight is 466 g/mol. The second-order valence-corrected chi connectivity index (χ2v) is 7.80. The van der Waals surface area contributed by atoms with Gasteiger partial charge in [-0.1, -0.05) is 5.16 Å². The highest BCUT2D eigenvalue weighted by atomic mass is 79.9. The molecule has 27 heavy (non-hydrogen) atoms. The molecule has 1 aliphatic carbocycles. The van der Waals surface area contributed by atoms with Crippen molar-refractivity contribution in [1.29, 1.82) is 0 Å². The second kappa shape index (κ2) is 8.71. The Morgan fingerprint density at radius 3 is 2.56 bits per heavy atom. The summed E-state index contributed by atoms with van der Waals surface area (Å²) in [6.07, 6.45) is 0.694. The number of nitrogens with zero attached hydrogens (tertiary/aromatic N) is 3. The summed E-state index contributed by atoms with van der Waals surface area (Å²) in [7, 11) is -3.80. The van der Waals surface area contributed by atoms with Gasteiger partial charge in [-0.05, 0) is 47.0 Å². The zero-order valence-corrected chi connectivity index (χ0v) is 16.1. The van der Waals surface area contributed by atoms with Crippen molar-refractivity contribution in [2.45, 2.75) is 24.9 Å². The lowest BCUT2D eigenvalue weighted by molar-refractivity contribution is 0.236. The number of rotatable bonds is 6. The molecule has 1 aromatic rings. The van der Waals surface area contributed by atoms with Crippen molar-refractivity contribution in [3.05, 3.63) is 28.5 Å². The molecule has 0 aliphatic heterocycles. The molecule has 1 fully saturated rings. The highest BCUT2D eigenvalue weighted by Crippen LogP contribution is 2.24. The number of hydrogen-bond acceptors (Lipinski definition) is 7. The Morgan fingerprint density at radius 1 is 1.37 bits per heavy atom. The van der Waals surface area contributed by atoms with E-state index in [1.54, 1.807) is 5.48 Å². The molecule has 0 spiro atoms. The highest BCUT2D eigenvalue weighted by molar-refractivity contribution is 9.10. The van der Waals surface area contributed by atoms with E-state index in [0.717, 1.165) is 6.07 Å². The van der Waals surface area contributed by atoms with Gasteiger partial charge in [-0.25, -0.2) is 14.5 Å². The molecule has 0 radical (unpaired) electrons. The molecule has 0 unspecified atom stereocenters. The van der Waals surface area contributed by atoms with Gasteiger partial charge in [-0.3, -0.25) is 15.7 Å². The van der Waals surface area contributed by atoms with E-state index in [4.69, 9.17) is 10.9 Å². The van der Waals surface area contributed by atoms with E-state index in [-0.39, 0.29) is 39.6 Å². The van der Waals surface area contributed by atoms with Gasteiger partial charge >= 0.3 is 0 Å². The number of halogens is 2. The number of hydrogen-bond donors (Lipinski definition) is 6. The SMILES string of the molecule is NC(=NC1CC(NS(N)(=O)=O)C1)/C(=N\O)C(=Nc1ccc(F)c(Br)c1)NO. The minimum atomic E-state index is -3.80. The number of oxime groups is 1. The van der Waals surface area contributed by atoms with Crippen molar-refractivity contribution >= 4 is 49.2 Å². The molecule has 2 rings (SSSR count). The summed E-state index contributed by atoms with van der Waals surface area (Å²) in [5.41, 5.74) is 7.42. The molecule has 1 aromatic carbocycles. The Morgan fingerprint density at radius 2 is 2.04 bits per heavy atom. The first kappa shape index (κ1) is 21.2. The smallest absolute Gasteiger partial charge is 0.274 e. The van der Waals surface area contributed by atoms with Crippen molar-refractivity contribution in [3.63, 3.8) is 0 Å². The van der Waals surface area contributed by atoms with Crippen LogP contribution < -0.4 is 21.1 Å². The van der Waals surface area contributed by atoms with Crippen molar-refractivity contribution in [2.75, 3.05) is 0 Å². The quantitative estimate of drug-likeness (QED) is 0.149. The highest BCUT2D eigenvalue weighted by Gasteiger charge is 2.32. The number of nitrogens with one attached hydrogen (secondary N) is 2. The summed E-state index contributed by atoms with van der Waals surface area (Å²) in [6.45, 7) is 0. The van der Waals surface area contributed by atoms with E-state index >= 15 is 0 Å². The Hall–Kier alpha value is -2.13. The summed E-state index contributed by atoms with van der Waals surface area (Å²) in [5.74, 6) is -1.06. The third-order valence-corrected chi connectivity index (χ3v) is 4.85. The van der Waals surface area contributed by atoms with Gasteiger partial charge in [0.15, 0.2) is 17.4 Å². The van der Waals surface area contributed by atoms with Crippen LogP contribution in [0.4, 0.5) is 10.1 Å². The van der Waals surface area contributed by atoms with Gasteiger partial charge in [-0.2, -0.15) is 13.1 Å². The summed E-state index contributed by atoms with van der Waals surface area (Å²) >= 11 is 3.00. The standard InChI is InChI=1S/C13H17BrFN7O4S/c14-9-5-6(1-2-10(9)15)19-13(21-24)11(20-23)12(16)18-7-3-8(4-7)22-27(17,25)26/h1-2,5,7-8,22-24H,3-4H2,(H2,16,18)(H,19,21)(H2,17,25,26)/b20-11+. The van der Waals surface area contributed by atoms with E-state index in [2.05, 4.69) is 35.8 Å². The van der Waals surface area contributed by atoms with Gasteiger partial charge in [0.25, 0.3) is 10.2 Å². The maximum atomic E-state index is 13.3. The summed E-state index contributed by atoms with van der Waals surface area (Å²) < 4.78 is 37.5. The van der Waals surface area contributed by atoms with Crippen LogP contribution >= 0.6 is 15.9 Å². The van der Waals surface area contributed by atoms with Crippen LogP contribution in [-0.2, 0) is 10.2 Å². The molecule has 8 N–H and O–H groups in total. The Labute approximate surface area is 162 Å². The molecule has 148 valence electrons. The van der Waals surface area contributed by atoms with Gasteiger partial charge in [0.1, 0.15) is 5.82 Å². The number of nitrogens with two attached hydrogens (primary N) is 2. The third kappa shape index (κ3) is 5.93. The van der Waals surface area contributed by atoms with E-state index in [1.807, 2.05) is 0 Å². The number of amidine groups is 2. The minimum Gasteiger partial charge on any atom is -0.410 e. The van der Waals surface area contributed by atoms with Crippen LogP contribution in [0.25, 0.3) is 0 Å². The molecule has 0 bridgehead atoms. The van der Waals surface area contributed by atoms with Gasteiger partial charge in [0.05, 0.1) is 16.2 Å². The van der Waals surface area contributed by atoms with E-state index < -0.39 is 16.0 Å². The van der Waals surface area contributed by atoms with Crippen LogP contribution in [0.2, 0.25) is 0 Å². The first-order chi connectivity index (χ1) is 12.6. The second-order valence-electron chi connectivity index (χ2n) is 5.62. The van der Waals surface area contributed by atoms with Crippen LogP contribution in [0.3, 0.4) is 0 Å². The first-order valence-corrected chi connectivity index (χ1v) is 9.77. The minimum absolute atomic E-state index is 0.146. The van der Waals surface area contributed by atoms with Crippen molar-refractivity contribution in [3.8, 4) is 0 Å². The van der Waals surface area contributed by atoms with Gasteiger partial charge < -0.3 is 10.9 Å². The maximum absolute atomic E-state index is 13.3. The molecule has 1 saturated carbocycles. The lowest BCUT2D eigenvalue weighted by Crippen LogP contribution is -2.49. The van der Waals surface area contributed by atoms with Gasteiger partial charge in [0, 0.05) is 6.04 Å². The molecule has 0 aromatic heterocycles. The fraction of sp³-hybridized carbons (Fsp3) is 0.308. The Balaban J connectivity index is 2.14. The molecule has 0 heterocycles. The monoisotopic (exact) mass is 465 g/mol. The van der Waals surface area contributed by atoms with Gasteiger partial charge in [-0.15, -0.1) is 0 Å². The van der Waals surface area contributed by atoms with E-state index in [9.17, 15) is 23.2 Å². The molecule has 14 heteroatoms. The molecule has 1 aliphatic rings. The molecule has 11 nitrogen and oxygen atoms in total. The van der Waals surface area contributed by atoms with E-state index in [1.165, 1.54) is 12.1 Å². The average Bonchev–Trinajstić information content (AvgIpc) is 2.54. The third-order valence-electron chi connectivity index (χ3n) is 3.58. The molecular weight excluding hydrogens is 449 g/mol. The Bertz CT molecular complexity index is 900. The largest absolute Gasteiger partial charge is 0.410 e. The number of hydroxylamine groups is 1. The zero-order valence-electron chi connectivity index (χ0n) is 13.7. The fourth-order valence-electron chi connectivity index (χ4n) is 2.31. The predicted octanol–water partition coefficient (Wildman–Crippen LogP) is 0.109. The lowest BCUT2D eigenvalue weighted by atomic mass is 9.88. The number of aliphatic imine (C=N–C) groups is 2. The topological polar surface area (TPSA) is 188 Å². The fourth-order valence-corrected chi connectivity index (χ4v) is 3.34. The van der Waals surface area contributed by atoms with Crippen LogP contribution in [0.5, 0.6) is 0 Å². The van der Waals surface area contributed by atoms with E-state index in [0.29, 0.717) is 12.8 Å². The Kier molecular flexibility index (Phi) is 6.83. The van der Waals surface area contributed by atoms with Gasteiger partial charge in [0.2, 0.25) is 0 Å².